The van der Waals surface area contributed by atoms with Gasteiger partial charge in [0, 0.05) is 5.56 Å². The fourth-order valence-corrected chi connectivity index (χ4v) is 2.45. The lowest BCUT2D eigenvalue weighted by Gasteiger charge is -2.07. The molecular weight excluding hydrogens is 350 g/mol. The number of benzene rings is 1. The number of carbonyl (C=O) groups excluding carboxylic acids is 1. The van der Waals surface area contributed by atoms with Gasteiger partial charge in [0.1, 0.15) is 0 Å². The van der Waals surface area contributed by atoms with Gasteiger partial charge < -0.3 is 5.11 Å². The van der Waals surface area contributed by atoms with Gasteiger partial charge in [0.25, 0.3) is 11.5 Å². The Labute approximate surface area is 144 Å². The first-order valence-electron chi connectivity index (χ1n) is 6.89. The highest BCUT2D eigenvalue weighted by Crippen LogP contribution is 2.16. The van der Waals surface area contributed by atoms with Gasteiger partial charge in [0.2, 0.25) is 0 Å². The number of carboxylic acid groups (broad SMARTS) is 1. The molecule has 1 unspecified atom stereocenters. The molecule has 0 saturated heterocycles. The van der Waals surface area contributed by atoms with Crippen molar-refractivity contribution in [3.63, 3.8) is 0 Å². The highest BCUT2D eigenvalue weighted by molar-refractivity contribution is 8.00. The maximum absolute atomic E-state index is 12.0. The van der Waals surface area contributed by atoms with Gasteiger partial charge in [-0.1, -0.05) is 30.0 Å². The number of hydrazone groups is 1. The molecule has 0 aliphatic rings. The van der Waals surface area contributed by atoms with Gasteiger partial charge in [0.15, 0.2) is 5.03 Å². The summed E-state index contributed by atoms with van der Waals surface area (Å²) in [6, 6.07) is 6.17. The fraction of sp³-hybridized carbons (Fsp3) is 0.143. The van der Waals surface area contributed by atoms with Crippen LogP contribution in [0.25, 0.3) is 0 Å². The molecule has 0 saturated carbocycles. The average Bonchev–Trinajstić information content (AvgIpc) is 2.57. The van der Waals surface area contributed by atoms with E-state index in [1.165, 1.54) is 19.2 Å². The number of aromatic carboxylic acids is 1. The minimum Gasteiger partial charge on any atom is -0.478 e. The average molecular weight is 363 g/mol. The number of rotatable bonds is 6. The Kier molecular flexibility index (Phi) is 5.84. The number of H-pyrrole nitrogens is 2. The molecule has 130 valence electrons. The van der Waals surface area contributed by atoms with Crippen molar-refractivity contribution in [1.82, 2.24) is 20.6 Å². The lowest BCUT2D eigenvalue weighted by atomic mass is 10.1. The Morgan fingerprint density at radius 3 is 2.76 bits per heavy atom. The van der Waals surface area contributed by atoms with Crippen LogP contribution >= 0.6 is 11.8 Å². The number of hydrogen-bond acceptors (Lipinski definition) is 7. The Morgan fingerprint density at radius 2 is 2.08 bits per heavy atom. The monoisotopic (exact) mass is 363 g/mol. The van der Waals surface area contributed by atoms with E-state index in [1.54, 1.807) is 18.2 Å². The summed E-state index contributed by atoms with van der Waals surface area (Å²) in [5.41, 5.74) is 1.19. The first-order valence-corrected chi connectivity index (χ1v) is 7.77. The topological polar surface area (TPSA) is 157 Å². The quantitative estimate of drug-likeness (QED) is 0.314. The Balaban J connectivity index is 2.01. The van der Waals surface area contributed by atoms with Crippen molar-refractivity contribution >= 4 is 29.9 Å². The first kappa shape index (κ1) is 18.1. The minimum atomic E-state index is -1.11. The number of carbonyl (C=O) groups is 2. The van der Waals surface area contributed by atoms with E-state index in [9.17, 15) is 19.2 Å². The fourth-order valence-electron chi connectivity index (χ4n) is 1.70. The molecule has 25 heavy (non-hydrogen) atoms. The van der Waals surface area contributed by atoms with E-state index < -0.39 is 28.4 Å². The molecule has 1 aromatic carbocycles. The molecule has 2 rings (SSSR count). The standard InChI is InChI=1S/C14H13N5O5S/c1-7(25-12-11(21)16-14(24)19-18-12)10(20)17-15-6-8-4-2-3-5-9(8)13(22)23/h2-7H,1H3,(H,17,20)(H,22,23)(H2,16,19,21,24)/b15-6+. The molecule has 0 aliphatic heterocycles. The summed E-state index contributed by atoms with van der Waals surface area (Å²) in [5, 5.41) is 17.6. The second kappa shape index (κ2) is 8.06. The lowest BCUT2D eigenvalue weighted by Crippen LogP contribution is -2.30. The van der Waals surface area contributed by atoms with Gasteiger partial charge in [0.05, 0.1) is 17.0 Å². The molecule has 1 amide bonds. The third-order valence-electron chi connectivity index (χ3n) is 2.91. The van der Waals surface area contributed by atoms with E-state index in [0.717, 1.165) is 11.8 Å². The van der Waals surface area contributed by atoms with Crippen LogP contribution in [-0.2, 0) is 4.79 Å². The lowest BCUT2D eigenvalue weighted by molar-refractivity contribution is -0.120. The molecule has 10 nitrogen and oxygen atoms in total. The largest absolute Gasteiger partial charge is 0.478 e. The molecule has 1 heterocycles. The van der Waals surface area contributed by atoms with Gasteiger partial charge in [-0.25, -0.2) is 20.1 Å². The smallest absolute Gasteiger partial charge is 0.342 e. The van der Waals surface area contributed by atoms with Crippen LogP contribution in [0.1, 0.15) is 22.8 Å². The number of carboxylic acids is 1. The number of aromatic amines is 2. The second-order valence-corrected chi connectivity index (χ2v) is 6.03. The molecular formula is C14H13N5O5S. The zero-order valence-corrected chi connectivity index (χ0v) is 13.7. The molecule has 11 heteroatoms. The van der Waals surface area contributed by atoms with Gasteiger partial charge in [-0.2, -0.15) is 10.2 Å². The van der Waals surface area contributed by atoms with Crippen LogP contribution < -0.4 is 16.7 Å². The third kappa shape index (κ3) is 4.88. The van der Waals surface area contributed by atoms with Gasteiger partial charge in [-0.15, -0.1) is 0 Å². The van der Waals surface area contributed by atoms with Crippen LogP contribution in [0.2, 0.25) is 0 Å². The van der Waals surface area contributed by atoms with E-state index in [4.69, 9.17) is 5.11 Å². The van der Waals surface area contributed by atoms with Gasteiger partial charge in [-0.05, 0) is 13.0 Å². The van der Waals surface area contributed by atoms with Crippen molar-refractivity contribution < 1.29 is 14.7 Å². The molecule has 0 spiro atoms. The van der Waals surface area contributed by atoms with Crippen LogP contribution in [0.4, 0.5) is 0 Å². The van der Waals surface area contributed by atoms with Crippen LogP contribution in [0.3, 0.4) is 0 Å². The number of thioether (sulfide) groups is 1. The summed E-state index contributed by atoms with van der Waals surface area (Å²) in [6.07, 6.45) is 1.21. The van der Waals surface area contributed by atoms with E-state index >= 15 is 0 Å². The summed E-state index contributed by atoms with van der Waals surface area (Å²) in [6.45, 7) is 1.52. The van der Waals surface area contributed by atoms with Crippen molar-refractivity contribution in [3.05, 3.63) is 56.2 Å². The van der Waals surface area contributed by atoms with Gasteiger partial charge in [-0.3, -0.25) is 14.6 Å². The Hall–Kier alpha value is -3.21. The molecule has 4 N–H and O–H groups in total. The van der Waals surface area contributed by atoms with Crippen molar-refractivity contribution in [3.8, 4) is 0 Å². The Morgan fingerprint density at radius 1 is 1.36 bits per heavy atom. The van der Waals surface area contributed by atoms with E-state index in [-0.39, 0.29) is 10.6 Å². The molecule has 0 radical (unpaired) electrons. The molecule has 1 aromatic heterocycles. The second-order valence-electron chi connectivity index (χ2n) is 4.70. The summed E-state index contributed by atoms with van der Waals surface area (Å²) in [4.78, 5) is 47.4. The highest BCUT2D eigenvalue weighted by atomic mass is 32.2. The zero-order valence-electron chi connectivity index (χ0n) is 12.8. The maximum atomic E-state index is 12.0. The summed E-state index contributed by atoms with van der Waals surface area (Å²) < 4.78 is 0. The van der Waals surface area contributed by atoms with E-state index in [1.807, 2.05) is 4.98 Å². The SMILES string of the molecule is CC(Sc1n[nH]c(=O)[nH]c1=O)C(=O)N/N=C/c1ccccc1C(=O)O. The first-order chi connectivity index (χ1) is 11.9. The number of hydrogen-bond donors (Lipinski definition) is 4. The molecule has 1 atom stereocenters. The Bertz CT molecular complexity index is 935. The van der Waals surface area contributed by atoms with Crippen LogP contribution in [0.15, 0.2) is 44.0 Å². The predicted octanol–water partition coefficient (Wildman–Crippen LogP) is -0.213. The summed E-state index contributed by atoms with van der Waals surface area (Å²) >= 11 is 0.836. The molecule has 0 bridgehead atoms. The molecule has 0 aliphatic carbocycles. The number of amides is 1. The van der Waals surface area contributed by atoms with Crippen LogP contribution in [0.5, 0.6) is 0 Å². The van der Waals surface area contributed by atoms with Crippen LogP contribution in [-0.4, -0.2) is 43.6 Å². The van der Waals surface area contributed by atoms with E-state index in [0.29, 0.717) is 5.56 Å². The predicted molar refractivity (Wildman–Crippen MR) is 89.9 cm³/mol. The minimum absolute atomic E-state index is 0.0481. The summed E-state index contributed by atoms with van der Waals surface area (Å²) in [7, 11) is 0. The zero-order chi connectivity index (χ0) is 18.4. The van der Waals surface area contributed by atoms with E-state index in [2.05, 4.69) is 20.7 Å². The van der Waals surface area contributed by atoms with Crippen molar-refractivity contribution in [2.45, 2.75) is 17.2 Å². The van der Waals surface area contributed by atoms with Crippen molar-refractivity contribution in [2.75, 3.05) is 0 Å². The molecule has 0 fully saturated rings. The van der Waals surface area contributed by atoms with Crippen molar-refractivity contribution in [1.29, 1.82) is 0 Å². The number of nitrogens with one attached hydrogen (secondary N) is 3. The maximum Gasteiger partial charge on any atom is 0.342 e. The highest BCUT2D eigenvalue weighted by Gasteiger charge is 2.17. The van der Waals surface area contributed by atoms with Crippen LogP contribution in [0, 0.1) is 0 Å². The van der Waals surface area contributed by atoms with Crippen molar-refractivity contribution in [2.24, 2.45) is 5.10 Å². The third-order valence-corrected chi connectivity index (χ3v) is 3.98. The molecule has 2 aromatic rings. The number of nitrogens with zero attached hydrogens (tertiary/aromatic N) is 2. The summed E-state index contributed by atoms with van der Waals surface area (Å²) in [5.74, 6) is -1.64. The number of aromatic nitrogens is 3. The normalized spacial score (nSPS) is 12.0. The van der Waals surface area contributed by atoms with Gasteiger partial charge >= 0.3 is 11.7 Å².